The number of phenols is 1. The minimum atomic E-state index is -0.304. The van der Waals surface area contributed by atoms with Crippen molar-refractivity contribution in [3.63, 3.8) is 0 Å². The molecule has 0 bridgehead atoms. The second-order valence-corrected chi connectivity index (χ2v) is 7.59. The minimum Gasteiger partial charge on any atom is -0.507 e. The van der Waals surface area contributed by atoms with Gasteiger partial charge in [0.2, 0.25) is 0 Å². The van der Waals surface area contributed by atoms with Crippen LogP contribution >= 0.6 is 0 Å². The van der Waals surface area contributed by atoms with E-state index in [0.29, 0.717) is 11.3 Å². The van der Waals surface area contributed by atoms with Crippen LogP contribution in [-0.4, -0.2) is 48.6 Å². The standard InChI is InChI=1S/C25H27N3O2/c29-24-10-9-19(11-14-28-15-12-26-13-16-28)17-23(24)25(30)27-22-8-4-7-21(18-22)20-5-2-1-3-6-20/h1-10,17-18,26,29H,11-16H2,(H,27,30). The summed E-state index contributed by atoms with van der Waals surface area (Å²) in [5.74, 6) is -0.306. The molecule has 5 nitrogen and oxygen atoms in total. The summed E-state index contributed by atoms with van der Waals surface area (Å²) >= 11 is 0. The summed E-state index contributed by atoms with van der Waals surface area (Å²) in [6.07, 6.45) is 0.851. The fraction of sp³-hybridized carbons (Fsp3) is 0.240. The first-order valence-corrected chi connectivity index (χ1v) is 10.4. The number of rotatable bonds is 6. The summed E-state index contributed by atoms with van der Waals surface area (Å²) in [6, 6.07) is 23.1. The number of carbonyl (C=O) groups excluding carboxylic acids is 1. The normalized spacial score (nSPS) is 14.4. The van der Waals surface area contributed by atoms with Crippen LogP contribution in [0.3, 0.4) is 0 Å². The molecule has 0 atom stereocenters. The Morgan fingerprint density at radius 2 is 1.70 bits per heavy atom. The van der Waals surface area contributed by atoms with Crippen LogP contribution in [0.15, 0.2) is 72.8 Å². The first kappa shape index (κ1) is 20.1. The maximum absolute atomic E-state index is 12.9. The Balaban J connectivity index is 1.45. The Morgan fingerprint density at radius 3 is 2.50 bits per heavy atom. The number of hydrogen-bond acceptors (Lipinski definition) is 4. The molecule has 1 aliphatic rings. The molecule has 3 aromatic carbocycles. The zero-order valence-electron chi connectivity index (χ0n) is 17.0. The second-order valence-electron chi connectivity index (χ2n) is 7.59. The highest BCUT2D eigenvalue weighted by molar-refractivity contribution is 6.06. The Labute approximate surface area is 177 Å². The van der Waals surface area contributed by atoms with Gasteiger partial charge in [0.1, 0.15) is 5.75 Å². The third-order valence-electron chi connectivity index (χ3n) is 5.46. The van der Waals surface area contributed by atoms with Crippen LogP contribution in [-0.2, 0) is 6.42 Å². The largest absolute Gasteiger partial charge is 0.507 e. The molecule has 3 aromatic rings. The minimum absolute atomic E-state index is 0.00219. The summed E-state index contributed by atoms with van der Waals surface area (Å²) in [4.78, 5) is 15.3. The molecule has 0 aromatic heterocycles. The molecule has 154 valence electrons. The van der Waals surface area contributed by atoms with Crippen LogP contribution in [0.2, 0.25) is 0 Å². The van der Waals surface area contributed by atoms with Crippen LogP contribution in [0.5, 0.6) is 5.75 Å². The SMILES string of the molecule is O=C(Nc1cccc(-c2ccccc2)c1)c1cc(CCN2CCNCC2)ccc1O. The predicted molar refractivity (Wildman–Crippen MR) is 121 cm³/mol. The maximum atomic E-state index is 12.9. The van der Waals surface area contributed by atoms with E-state index >= 15 is 0 Å². The fourth-order valence-corrected chi connectivity index (χ4v) is 3.75. The van der Waals surface area contributed by atoms with E-state index in [1.165, 1.54) is 0 Å². The molecule has 0 radical (unpaired) electrons. The lowest BCUT2D eigenvalue weighted by atomic mass is 10.0. The van der Waals surface area contributed by atoms with E-state index in [9.17, 15) is 9.90 Å². The molecular formula is C25H27N3O2. The van der Waals surface area contributed by atoms with Crippen molar-refractivity contribution < 1.29 is 9.90 Å². The van der Waals surface area contributed by atoms with Crippen molar-refractivity contribution in [3.05, 3.63) is 83.9 Å². The molecule has 0 unspecified atom stereocenters. The summed E-state index contributed by atoms with van der Waals surface area (Å²) in [6.45, 7) is 5.08. The molecule has 4 rings (SSSR count). The molecule has 1 amide bonds. The quantitative estimate of drug-likeness (QED) is 0.589. The first-order valence-electron chi connectivity index (χ1n) is 10.4. The predicted octanol–water partition coefficient (Wildman–Crippen LogP) is 3.76. The highest BCUT2D eigenvalue weighted by Crippen LogP contribution is 2.24. The molecule has 1 aliphatic heterocycles. The van der Waals surface area contributed by atoms with E-state index in [2.05, 4.69) is 15.5 Å². The summed E-state index contributed by atoms with van der Waals surface area (Å²) in [7, 11) is 0. The van der Waals surface area contributed by atoms with Crippen molar-refractivity contribution >= 4 is 11.6 Å². The van der Waals surface area contributed by atoms with Gasteiger partial charge in [0.25, 0.3) is 5.91 Å². The van der Waals surface area contributed by atoms with Gasteiger partial charge in [-0.15, -0.1) is 0 Å². The van der Waals surface area contributed by atoms with Gasteiger partial charge in [-0.05, 0) is 47.4 Å². The molecule has 1 fully saturated rings. The van der Waals surface area contributed by atoms with Crippen LogP contribution < -0.4 is 10.6 Å². The number of piperazine rings is 1. The second kappa shape index (κ2) is 9.57. The highest BCUT2D eigenvalue weighted by atomic mass is 16.3. The molecule has 0 spiro atoms. The molecule has 1 heterocycles. The van der Waals surface area contributed by atoms with Gasteiger partial charge in [-0.1, -0.05) is 48.5 Å². The maximum Gasteiger partial charge on any atom is 0.259 e. The Bertz CT molecular complexity index is 998. The van der Waals surface area contributed by atoms with E-state index in [4.69, 9.17) is 0 Å². The Kier molecular flexibility index (Phi) is 6.42. The topological polar surface area (TPSA) is 64.6 Å². The van der Waals surface area contributed by atoms with Crippen molar-refractivity contribution in [2.75, 3.05) is 38.0 Å². The lowest BCUT2D eigenvalue weighted by molar-refractivity contribution is 0.102. The summed E-state index contributed by atoms with van der Waals surface area (Å²) in [5, 5.41) is 16.5. The molecule has 30 heavy (non-hydrogen) atoms. The van der Waals surface area contributed by atoms with Gasteiger partial charge in [-0.2, -0.15) is 0 Å². The van der Waals surface area contributed by atoms with Gasteiger partial charge in [-0.25, -0.2) is 0 Å². The lowest BCUT2D eigenvalue weighted by Crippen LogP contribution is -2.44. The van der Waals surface area contributed by atoms with Crippen molar-refractivity contribution in [1.82, 2.24) is 10.2 Å². The van der Waals surface area contributed by atoms with Crippen molar-refractivity contribution in [2.45, 2.75) is 6.42 Å². The van der Waals surface area contributed by atoms with E-state index in [-0.39, 0.29) is 11.7 Å². The third-order valence-corrected chi connectivity index (χ3v) is 5.46. The van der Waals surface area contributed by atoms with Gasteiger partial charge in [-0.3, -0.25) is 4.79 Å². The number of carbonyl (C=O) groups is 1. The zero-order chi connectivity index (χ0) is 20.8. The van der Waals surface area contributed by atoms with Crippen LogP contribution in [0.25, 0.3) is 11.1 Å². The Hall–Kier alpha value is -3.15. The third kappa shape index (κ3) is 5.06. The van der Waals surface area contributed by atoms with Crippen LogP contribution in [0, 0.1) is 0 Å². The van der Waals surface area contributed by atoms with Crippen molar-refractivity contribution in [1.29, 1.82) is 0 Å². The van der Waals surface area contributed by atoms with Gasteiger partial charge in [0, 0.05) is 38.4 Å². The zero-order valence-corrected chi connectivity index (χ0v) is 17.0. The van der Waals surface area contributed by atoms with Gasteiger partial charge in [0.15, 0.2) is 0 Å². The molecule has 1 saturated heterocycles. The van der Waals surface area contributed by atoms with Crippen LogP contribution in [0.1, 0.15) is 15.9 Å². The number of nitrogens with one attached hydrogen (secondary N) is 2. The van der Waals surface area contributed by atoms with E-state index < -0.39 is 0 Å². The molecule has 0 aliphatic carbocycles. The Morgan fingerprint density at radius 1 is 0.933 bits per heavy atom. The van der Waals surface area contributed by atoms with Gasteiger partial charge < -0.3 is 20.6 Å². The van der Waals surface area contributed by atoms with Gasteiger partial charge in [0.05, 0.1) is 5.56 Å². The van der Waals surface area contributed by atoms with E-state index in [1.807, 2.05) is 60.7 Å². The average molecular weight is 402 g/mol. The fourth-order valence-electron chi connectivity index (χ4n) is 3.75. The lowest BCUT2D eigenvalue weighted by Gasteiger charge is -2.27. The van der Waals surface area contributed by atoms with E-state index in [0.717, 1.165) is 55.8 Å². The van der Waals surface area contributed by atoms with Crippen LogP contribution in [0.4, 0.5) is 5.69 Å². The number of anilines is 1. The molecule has 0 saturated carbocycles. The van der Waals surface area contributed by atoms with Crippen molar-refractivity contribution in [3.8, 4) is 16.9 Å². The number of nitrogens with zero attached hydrogens (tertiary/aromatic N) is 1. The van der Waals surface area contributed by atoms with E-state index in [1.54, 1.807) is 12.1 Å². The summed E-state index contributed by atoms with van der Waals surface area (Å²) < 4.78 is 0. The molecular weight excluding hydrogens is 374 g/mol. The number of benzene rings is 3. The monoisotopic (exact) mass is 401 g/mol. The molecule has 5 heteroatoms. The number of amides is 1. The van der Waals surface area contributed by atoms with Crippen molar-refractivity contribution in [2.24, 2.45) is 0 Å². The van der Waals surface area contributed by atoms with Gasteiger partial charge >= 0.3 is 0 Å². The smallest absolute Gasteiger partial charge is 0.259 e. The number of hydrogen-bond donors (Lipinski definition) is 3. The number of aromatic hydroxyl groups is 1. The first-order chi connectivity index (χ1) is 14.7. The highest BCUT2D eigenvalue weighted by Gasteiger charge is 2.14. The average Bonchev–Trinajstić information content (AvgIpc) is 2.80. The summed E-state index contributed by atoms with van der Waals surface area (Å²) in [5.41, 5.74) is 4.17. The molecule has 3 N–H and O–H groups in total. The number of phenolic OH excluding ortho intramolecular Hbond substituents is 1.